The monoisotopic (exact) mass is 241 g/mol. The van der Waals surface area contributed by atoms with Crippen LogP contribution in [-0.2, 0) is 9.53 Å². The highest BCUT2D eigenvalue weighted by Crippen LogP contribution is 2.42. The molecule has 0 spiro atoms. The molecule has 0 N–H and O–H groups in total. The topological polar surface area (TPSA) is 50.1 Å². The number of hydrogen-bond donors (Lipinski definition) is 0. The van der Waals surface area contributed by atoms with E-state index in [-0.39, 0.29) is 12.2 Å². The van der Waals surface area contributed by atoms with E-state index in [1.54, 1.807) is 6.92 Å². The number of fused-ring (bicyclic) bond motifs is 1. The van der Waals surface area contributed by atoms with E-state index in [1.165, 1.54) is 5.56 Å². The lowest BCUT2D eigenvalue weighted by Gasteiger charge is -2.04. The van der Waals surface area contributed by atoms with Gasteiger partial charge in [0.2, 0.25) is 0 Å². The highest BCUT2D eigenvalue weighted by molar-refractivity contribution is 6.02. The van der Waals surface area contributed by atoms with Crippen molar-refractivity contribution in [3.8, 4) is 6.07 Å². The largest absolute Gasteiger partial charge is 0.462 e. The van der Waals surface area contributed by atoms with E-state index in [0.717, 1.165) is 17.6 Å². The Hall–Kier alpha value is -2.08. The first kappa shape index (κ1) is 12.4. The van der Waals surface area contributed by atoms with Gasteiger partial charge >= 0.3 is 5.97 Å². The lowest BCUT2D eigenvalue weighted by Crippen LogP contribution is -2.08. The van der Waals surface area contributed by atoms with Crippen LogP contribution in [0.1, 0.15) is 37.3 Å². The Balaban J connectivity index is 2.52. The number of esters is 1. The highest BCUT2D eigenvalue weighted by Gasteiger charge is 2.28. The molecule has 0 bridgehead atoms. The average molecular weight is 241 g/mol. The molecule has 3 nitrogen and oxygen atoms in total. The lowest BCUT2D eigenvalue weighted by molar-refractivity contribution is -0.137. The summed E-state index contributed by atoms with van der Waals surface area (Å²) in [7, 11) is 0. The molecular weight excluding hydrogens is 226 g/mol. The number of nitriles is 1. The molecule has 92 valence electrons. The van der Waals surface area contributed by atoms with Crippen molar-refractivity contribution in [3.63, 3.8) is 0 Å². The summed E-state index contributed by atoms with van der Waals surface area (Å²) in [5.74, 6) is -0.173. The van der Waals surface area contributed by atoms with Crippen LogP contribution in [0.3, 0.4) is 0 Å². The van der Waals surface area contributed by atoms with Crippen molar-refractivity contribution < 1.29 is 9.53 Å². The number of allylic oxidation sites excluding steroid dienone is 1. The maximum atomic E-state index is 11.8. The summed E-state index contributed by atoms with van der Waals surface area (Å²) in [6.45, 7) is 4.13. The predicted octanol–water partition coefficient (Wildman–Crippen LogP) is 3.03. The third-order valence-corrected chi connectivity index (χ3v) is 3.22. The van der Waals surface area contributed by atoms with Crippen molar-refractivity contribution in [2.75, 3.05) is 6.61 Å². The molecule has 1 aliphatic rings. The molecule has 2 rings (SSSR count). The lowest BCUT2D eigenvalue weighted by atomic mass is 10.0. The molecule has 1 atom stereocenters. The zero-order valence-corrected chi connectivity index (χ0v) is 10.6. The average Bonchev–Trinajstić information content (AvgIpc) is 2.69. The van der Waals surface area contributed by atoms with E-state index in [9.17, 15) is 10.1 Å². The SMILES string of the molecule is CCOC(=O)/C(C#N)=C1\CC(C)c2ccccc21. The number of carbonyl (C=O) groups is 1. The fourth-order valence-corrected chi connectivity index (χ4v) is 2.40. The van der Waals surface area contributed by atoms with Crippen LogP contribution in [-0.4, -0.2) is 12.6 Å². The first-order chi connectivity index (χ1) is 8.69. The Kier molecular flexibility index (Phi) is 3.47. The zero-order chi connectivity index (χ0) is 13.1. The second kappa shape index (κ2) is 5.05. The first-order valence-corrected chi connectivity index (χ1v) is 6.08. The molecule has 0 heterocycles. The molecule has 1 unspecified atom stereocenters. The fourth-order valence-electron chi connectivity index (χ4n) is 2.40. The molecule has 0 fully saturated rings. The van der Waals surface area contributed by atoms with Crippen LogP contribution in [0.5, 0.6) is 0 Å². The van der Waals surface area contributed by atoms with Gasteiger partial charge in [0.05, 0.1) is 6.61 Å². The second-order valence-corrected chi connectivity index (χ2v) is 4.38. The minimum absolute atomic E-state index is 0.147. The van der Waals surface area contributed by atoms with Gasteiger partial charge in [-0.2, -0.15) is 5.26 Å². The Labute approximate surface area is 107 Å². The van der Waals surface area contributed by atoms with Crippen molar-refractivity contribution in [1.29, 1.82) is 5.26 Å². The number of nitrogens with zero attached hydrogens (tertiary/aromatic N) is 1. The summed E-state index contributed by atoms with van der Waals surface area (Å²) in [4.78, 5) is 11.8. The standard InChI is InChI=1S/C15H15NO2/c1-3-18-15(17)14(9-16)13-8-10(2)11-6-4-5-7-12(11)13/h4-7,10H,3,8H2,1-2H3/b14-13+. The number of hydrogen-bond acceptors (Lipinski definition) is 3. The Morgan fingerprint density at radius 1 is 1.50 bits per heavy atom. The molecule has 0 aromatic heterocycles. The van der Waals surface area contributed by atoms with Crippen LogP contribution in [0.15, 0.2) is 29.8 Å². The Bertz CT molecular complexity index is 552. The van der Waals surface area contributed by atoms with Gasteiger partial charge < -0.3 is 4.74 Å². The zero-order valence-electron chi connectivity index (χ0n) is 10.6. The molecule has 0 radical (unpaired) electrons. The van der Waals surface area contributed by atoms with Gasteiger partial charge in [-0.1, -0.05) is 31.2 Å². The van der Waals surface area contributed by atoms with E-state index >= 15 is 0 Å². The van der Waals surface area contributed by atoms with Crippen molar-refractivity contribution >= 4 is 11.5 Å². The summed E-state index contributed by atoms with van der Waals surface area (Å²) < 4.78 is 4.94. The molecule has 0 saturated heterocycles. The van der Waals surface area contributed by atoms with Crippen molar-refractivity contribution in [3.05, 3.63) is 41.0 Å². The van der Waals surface area contributed by atoms with Crippen LogP contribution in [0.25, 0.3) is 5.57 Å². The molecule has 0 amide bonds. The maximum Gasteiger partial charge on any atom is 0.349 e. The van der Waals surface area contributed by atoms with E-state index in [4.69, 9.17) is 4.74 Å². The first-order valence-electron chi connectivity index (χ1n) is 6.08. The molecule has 1 aliphatic carbocycles. The van der Waals surface area contributed by atoms with Crippen molar-refractivity contribution in [1.82, 2.24) is 0 Å². The number of benzene rings is 1. The van der Waals surface area contributed by atoms with Gasteiger partial charge in [0, 0.05) is 0 Å². The Morgan fingerprint density at radius 2 is 2.22 bits per heavy atom. The van der Waals surface area contributed by atoms with Gasteiger partial charge in [0.15, 0.2) is 0 Å². The normalized spacial score (nSPS) is 19.9. The van der Waals surface area contributed by atoms with Crippen molar-refractivity contribution in [2.24, 2.45) is 0 Å². The number of rotatable bonds is 2. The van der Waals surface area contributed by atoms with Crippen LogP contribution in [0.4, 0.5) is 0 Å². The third-order valence-electron chi connectivity index (χ3n) is 3.22. The summed E-state index contributed by atoms with van der Waals surface area (Å²) in [5.41, 5.74) is 3.17. The molecule has 0 saturated carbocycles. The minimum Gasteiger partial charge on any atom is -0.462 e. The van der Waals surface area contributed by atoms with Gasteiger partial charge in [0.25, 0.3) is 0 Å². The molecule has 1 aromatic carbocycles. The predicted molar refractivity (Wildman–Crippen MR) is 68.6 cm³/mol. The molecule has 3 heteroatoms. The van der Waals surface area contributed by atoms with Crippen molar-refractivity contribution in [2.45, 2.75) is 26.2 Å². The van der Waals surface area contributed by atoms with Crippen LogP contribution in [0.2, 0.25) is 0 Å². The maximum absolute atomic E-state index is 11.8. The van der Waals surface area contributed by atoms with Gasteiger partial charge in [-0.25, -0.2) is 4.79 Å². The van der Waals surface area contributed by atoms with E-state index in [1.807, 2.05) is 30.3 Å². The van der Waals surface area contributed by atoms with Gasteiger partial charge in [0.1, 0.15) is 11.6 Å². The summed E-state index contributed by atoms with van der Waals surface area (Å²) in [6.07, 6.45) is 0.723. The Morgan fingerprint density at radius 3 is 2.89 bits per heavy atom. The highest BCUT2D eigenvalue weighted by atomic mass is 16.5. The summed E-state index contributed by atoms with van der Waals surface area (Å²) in [5, 5.41) is 9.19. The van der Waals surface area contributed by atoms with E-state index < -0.39 is 5.97 Å². The fraction of sp³-hybridized carbons (Fsp3) is 0.333. The second-order valence-electron chi connectivity index (χ2n) is 4.38. The third kappa shape index (κ3) is 2.02. The summed E-state index contributed by atoms with van der Waals surface area (Å²) >= 11 is 0. The number of ether oxygens (including phenoxy) is 1. The minimum atomic E-state index is -0.515. The number of carbonyl (C=O) groups excluding carboxylic acids is 1. The van der Waals surface area contributed by atoms with Crippen LogP contribution >= 0.6 is 0 Å². The van der Waals surface area contributed by atoms with Gasteiger partial charge in [-0.05, 0) is 36.0 Å². The molecular formula is C15H15NO2. The molecule has 0 aliphatic heterocycles. The van der Waals surface area contributed by atoms with Gasteiger partial charge in [-0.3, -0.25) is 0 Å². The van der Waals surface area contributed by atoms with Crippen LogP contribution in [0, 0.1) is 11.3 Å². The van der Waals surface area contributed by atoms with E-state index in [0.29, 0.717) is 5.92 Å². The molecule has 18 heavy (non-hydrogen) atoms. The van der Waals surface area contributed by atoms with Crippen LogP contribution < -0.4 is 0 Å². The quantitative estimate of drug-likeness (QED) is 0.454. The summed E-state index contributed by atoms with van der Waals surface area (Å²) in [6, 6.07) is 9.92. The van der Waals surface area contributed by atoms with E-state index in [2.05, 4.69) is 6.92 Å². The van der Waals surface area contributed by atoms with Gasteiger partial charge in [-0.15, -0.1) is 0 Å². The smallest absolute Gasteiger partial charge is 0.349 e. The molecule has 1 aromatic rings.